The van der Waals surface area contributed by atoms with E-state index in [2.05, 4.69) is 17.4 Å². The fourth-order valence-corrected chi connectivity index (χ4v) is 2.48. The first-order valence-corrected chi connectivity index (χ1v) is 7.57. The van der Waals surface area contributed by atoms with E-state index in [0.717, 1.165) is 50.6 Å². The average Bonchev–Trinajstić information content (AvgIpc) is 2.43. The largest absolute Gasteiger partial charge is 0.385 e. The summed E-state index contributed by atoms with van der Waals surface area (Å²) in [5.74, 6) is 0.598. The quantitative estimate of drug-likeness (QED) is 0.637. The maximum absolute atomic E-state index is 6.05. The Morgan fingerprint density at radius 3 is 2.70 bits per heavy atom. The van der Waals surface area contributed by atoms with E-state index in [4.69, 9.17) is 21.1 Å². The number of ether oxygens (including phenoxy) is 2. The van der Waals surface area contributed by atoms with Gasteiger partial charge >= 0.3 is 0 Å². The SMILES string of the molecule is COCCCC(CNCCOC)Cc1cccc(Cl)c1. The number of hydrogen-bond acceptors (Lipinski definition) is 3. The molecule has 3 nitrogen and oxygen atoms in total. The van der Waals surface area contributed by atoms with Gasteiger partial charge in [-0.05, 0) is 49.4 Å². The Morgan fingerprint density at radius 2 is 2.00 bits per heavy atom. The summed E-state index contributed by atoms with van der Waals surface area (Å²) in [6.07, 6.45) is 3.29. The second kappa shape index (κ2) is 11.1. The van der Waals surface area contributed by atoms with Crippen LogP contribution in [0.2, 0.25) is 5.02 Å². The van der Waals surface area contributed by atoms with E-state index in [0.29, 0.717) is 5.92 Å². The summed E-state index contributed by atoms with van der Waals surface area (Å²) in [5.41, 5.74) is 1.30. The molecule has 1 rings (SSSR count). The highest BCUT2D eigenvalue weighted by atomic mass is 35.5. The molecule has 0 bridgehead atoms. The van der Waals surface area contributed by atoms with Gasteiger partial charge in [-0.15, -0.1) is 0 Å². The molecular weight excluding hydrogens is 274 g/mol. The predicted octanol–water partition coefficient (Wildman–Crippen LogP) is 3.16. The summed E-state index contributed by atoms with van der Waals surface area (Å²) in [6.45, 7) is 3.47. The van der Waals surface area contributed by atoms with Crippen LogP contribution in [0.25, 0.3) is 0 Å². The van der Waals surface area contributed by atoms with Crippen molar-refractivity contribution >= 4 is 11.6 Å². The minimum absolute atomic E-state index is 0.598. The molecule has 0 aliphatic rings. The molecule has 0 heterocycles. The number of halogens is 1. The Morgan fingerprint density at radius 1 is 1.20 bits per heavy atom. The van der Waals surface area contributed by atoms with Crippen LogP contribution < -0.4 is 5.32 Å². The smallest absolute Gasteiger partial charge is 0.0587 e. The van der Waals surface area contributed by atoms with E-state index in [9.17, 15) is 0 Å². The average molecular weight is 300 g/mol. The molecule has 1 N–H and O–H groups in total. The van der Waals surface area contributed by atoms with Crippen LogP contribution in [0.15, 0.2) is 24.3 Å². The van der Waals surface area contributed by atoms with Gasteiger partial charge in [0.25, 0.3) is 0 Å². The summed E-state index contributed by atoms with van der Waals surface area (Å²) >= 11 is 6.05. The van der Waals surface area contributed by atoms with Crippen molar-refractivity contribution in [1.82, 2.24) is 5.32 Å². The molecule has 1 atom stereocenters. The Kier molecular flexibility index (Phi) is 9.67. The van der Waals surface area contributed by atoms with Gasteiger partial charge in [-0.1, -0.05) is 23.7 Å². The van der Waals surface area contributed by atoms with Crippen molar-refractivity contribution in [1.29, 1.82) is 0 Å². The molecule has 0 radical (unpaired) electrons. The van der Waals surface area contributed by atoms with Crippen LogP contribution in [0.1, 0.15) is 18.4 Å². The third-order valence-electron chi connectivity index (χ3n) is 3.29. The van der Waals surface area contributed by atoms with Gasteiger partial charge in [0.1, 0.15) is 0 Å². The van der Waals surface area contributed by atoms with Crippen molar-refractivity contribution in [3.63, 3.8) is 0 Å². The highest BCUT2D eigenvalue weighted by Gasteiger charge is 2.10. The molecule has 0 amide bonds. The zero-order chi connectivity index (χ0) is 14.6. The van der Waals surface area contributed by atoms with Crippen LogP contribution >= 0.6 is 11.6 Å². The van der Waals surface area contributed by atoms with E-state index in [1.54, 1.807) is 14.2 Å². The molecule has 0 saturated heterocycles. The maximum Gasteiger partial charge on any atom is 0.0587 e. The van der Waals surface area contributed by atoms with E-state index < -0.39 is 0 Å². The first-order valence-electron chi connectivity index (χ1n) is 7.19. The molecule has 1 aromatic carbocycles. The van der Waals surface area contributed by atoms with Gasteiger partial charge in [-0.2, -0.15) is 0 Å². The lowest BCUT2D eigenvalue weighted by Crippen LogP contribution is -2.27. The van der Waals surface area contributed by atoms with Crippen molar-refractivity contribution in [2.45, 2.75) is 19.3 Å². The highest BCUT2D eigenvalue weighted by molar-refractivity contribution is 6.30. The van der Waals surface area contributed by atoms with Crippen LogP contribution in [-0.4, -0.2) is 40.5 Å². The summed E-state index contributed by atoms with van der Waals surface area (Å²) in [5, 5.41) is 4.26. The summed E-state index contributed by atoms with van der Waals surface area (Å²) in [4.78, 5) is 0. The normalized spacial score (nSPS) is 12.6. The molecule has 20 heavy (non-hydrogen) atoms. The van der Waals surface area contributed by atoms with Crippen LogP contribution in [-0.2, 0) is 15.9 Å². The zero-order valence-electron chi connectivity index (χ0n) is 12.5. The molecule has 114 valence electrons. The Bertz CT molecular complexity index is 360. The van der Waals surface area contributed by atoms with Gasteiger partial charge in [-0.3, -0.25) is 0 Å². The number of hydrogen-bond donors (Lipinski definition) is 1. The maximum atomic E-state index is 6.05. The minimum Gasteiger partial charge on any atom is -0.385 e. The predicted molar refractivity (Wildman–Crippen MR) is 84.5 cm³/mol. The van der Waals surface area contributed by atoms with E-state index in [1.165, 1.54) is 5.56 Å². The zero-order valence-corrected chi connectivity index (χ0v) is 13.3. The fourth-order valence-electron chi connectivity index (χ4n) is 2.27. The fraction of sp³-hybridized carbons (Fsp3) is 0.625. The lowest BCUT2D eigenvalue weighted by Gasteiger charge is -2.18. The number of nitrogens with one attached hydrogen (secondary N) is 1. The molecule has 0 aromatic heterocycles. The third-order valence-corrected chi connectivity index (χ3v) is 3.53. The molecule has 0 aliphatic carbocycles. The van der Waals surface area contributed by atoms with E-state index >= 15 is 0 Å². The van der Waals surface area contributed by atoms with Crippen LogP contribution in [0, 0.1) is 5.92 Å². The van der Waals surface area contributed by atoms with Crippen LogP contribution in [0.3, 0.4) is 0 Å². The summed E-state index contributed by atoms with van der Waals surface area (Å²) < 4.78 is 10.2. The molecule has 0 aliphatic heterocycles. The van der Waals surface area contributed by atoms with Crippen LogP contribution in [0.4, 0.5) is 0 Å². The topological polar surface area (TPSA) is 30.5 Å². The lowest BCUT2D eigenvalue weighted by molar-refractivity contribution is 0.183. The second-order valence-corrected chi connectivity index (χ2v) is 5.47. The van der Waals surface area contributed by atoms with Crippen molar-refractivity contribution in [3.8, 4) is 0 Å². The monoisotopic (exact) mass is 299 g/mol. The van der Waals surface area contributed by atoms with Crippen molar-refractivity contribution in [3.05, 3.63) is 34.9 Å². The molecular formula is C16H26ClNO2. The highest BCUT2D eigenvalue weighted by Crippen LogP contribution is 2.17. The third kappa shape index (κ3) is 7.85. The van der Waals surface area contributed by atoms with Crippen molar-refractivity contribution in [2.75, 3.05) is 40.5 Å². The van der Waals surface area contributed by atoms with Gasteiger partial charge in [0.05, 0.1) is 6.61 Å². The second-order valence-electron chi connectivity index (χ2n) is 5.03. The number of methoxy groups -OCH3 is 2. The first kappa shape index (κ1) is 17.4. The summed E-state index contributed by atoms with van der Waals surface area (Å²) in [7, 11) is 3.48. The number of benzene rings is 1. The van der Waals surface area contributed by atoms with Gasteiger partial charge in [0.2, 0.25) is 0 Å². The standard InChI is InChI=1S/C16H26ClNO2/c1-19-9-4-6-15(13-18-8-10-20-2)11-14-5-3-7-16(17)12-14/h3,5,7,12,15,18H,4,6,8-11,13H2,1-2H3. The van der Waals surface area contributed by atoms with Crippen molar-refractivity contribution < 1.29 is 9.47 Å². The summed E-state index contributed by atoms with van der Waals surface area (Å²) in [6, 6.07) is 8.13. The van der Waals surface area contributed by atoms with E-state index in [-0.39, 0.29) is 0 Å². The lowest BCUT2D eigenvalue weighted by atomic mass is 9.95. The molecule has 1 aromatic rings. The van der Waals surface area contributed by atoms with Gasteiger partial charge in [-0.25, -0.2) is 0 Å². The molecule has 0 spiro atoms. The van der Waals surface area contributed by atoms with Gasteiger partial charge < -0.3 is 14.8 Å². The number of rotatable bonds is 11. The van der Waals surface area contributed by atoms with Gasteiger partial charge in [0.15, 0.2) is 0 Å². The Balaban J connectivity index is 2.43. The molecule has 4 heteroatoms. The van der Waals surface area contributed by atoms with Gasteiger partial charge in [0, 0.05) is 32.4 Å². The van der Waals surface area contributed by atoms with Crippen LogP contribution in [0.5, 0.6) is 0 Å². The van der Waals surface area contributed by atoms with Crippen molar-refractivity contribution in [2.24, 2.45) is 5.92 Å². The molecule has 0 fully saturated rings. The Labute approximate surface area is 127 Å². The Hall–Kier alpha value is -0.610. The van der Waals surface area contributed by atoms with E-state index in [1.807, 2.05) is 12.1 Å². The molecule has 0 saturated carbocycles. The minimum atomic E-state index is 0.598. The first-order chi connectivity index (χ1) is 9.76. The molecule has 1 unspecified atom stereocenters.